The van der Waals surface area contributed by atoms with Crippen LogP contribution in [0.3, 0.4) is 0 Å². The Labute approximate surface area is 189 Å². The second kappa shape index (κ2) is 10.7. The molecule has 1 aromatic heterocycles. The highest BCUT2D eigenvalue weighted by atomic mass is 19.4. The van der Waals surface area contributed by atoms with Gasteiger partial charge in [-0.3, -0.25) is 9.59 Å². The molecule has 0 N–H and O–H groups in total. The Morgan fingerprint density at radius 1 is 0.909 bits per heavy atom. The van der Waals surface area contributed by atoms with Gasteiger partial charge in [-0.25, -0.2) is 0 Å². The summed E-state index contributed by atoms with van der Waals surface area (Å²) < 4.78 is 43.9. The number of nitrogens with zero attached hydrogens (tertiary/aromatic N) is 2. The molecular weight excluding hydrogens is 433 g/mol. The maximum Gasteiger partial charge on any atom is 0.416 e. The van der Waals surface area contributed by atoms with Crippen LogP contribution in [0.1, 0.15) is 27.2 Å². The molecule has 0 spiro atoms. The normalized spacial score (nSPS) is 11.1. The van der Waals surface area contributed by atoms with Crippen molar-refractivity contribution in [1.29, 1.82) is 0 Å². The van der Waals surface area contributed by atoms with Gasteiger partial charge < -0.3 is 14.2 Å². The first kappa shape index (κ1) is 23.8. The van der Waals surface area contributed by atoms with E-state index in [-0.39, 0.29) is 31.1 Å². The fourth-order valence-corrected chi connectivity index (χ4v) is 3.25. The lowest BCUT2D eigenvalue weighted by Gasteiger charge is -2.27. The van der Waals surface area contributed by atoms with E-state index in [1.165, 1.54) is 17.2 Å². The van der Waals surface area contributed by atoms with Crippen molar-refractivity contribution in [2.75, 3.05) is 13.1 Å². The first-order valence-corrected chi connectivity index (χ1v) is 10.2. The van der Waals surface area contributed by atoms with Crippen molar-refractivity contribution < 1.29 is 27.2 Å². The predicted octanol–water partition coefficient (Wildman–Crippen LogP) is 5.16. The van der Waals surface area contributed by atoms with Gasteiger partial charge in [0.25, 0.3) is 5.91 Å². The van der Waals surface area contributed by atoms with Gasteiger partial charge in [0, 0.05) is 18.7 Å². The third-order valence-electron chi connectivity index (χ3n) is 4.92. The van der Waals surface area contributed by atoms with Gasteiger partial charge in [0.05, 0.1) is 18.4 Å². The molecule has 172 valence electrons. The molecule has 5 nitrogen and oxygen atoms in total. The lowest BCUT2D eigenvalue weighted by molar-refractivity contribution is -0.137. The number of hydrogen-bond donors (Lipinski definition) is 0. The van der Waals surface area contributed by atoms with Gasteiger partial charge in [0.2, 0.25) is 5.91 Å². The van der Waals surface area contributed by atoms with Crippen LogP contribution in [0.2, 0.25) is 0 Å². The fourth-order valence-electron chi connectivity index (χ4n) is 3.25. The molecule has 0 unspecified atom stereocenters. The third-order valence-corrected chi connectivity index (χ3v) is 4.92. The van der Waals surface area contributed by atoms with Crippen LogP contribution in [0.15, 0.2) is 90.1 Å². The van der Waals surface area contributed by atoms with E-state index in [4.69, 9.17) is 4.42 Å². The smallest absolute Gasteiger partial charge is 0.416 e. The SMILES string of the molecule is C=CCN(CC(=O)N(Cc1ccccc1)Cc1ccco1)C(=O)c1ccc(C(F)(F)F)cc1. The topological polar surface area (TPSA) is 53.8 Å². The molecule has 0 bridgehead atoms. The Balaban J connectivity index is 1.77. The number of halogens is 3. The molecule has 33 heavy (non-hydrogen) atoms. The van der Waals surface area contributed by atoms with Gasteiger partial charge in [-0.05, 0) is 42.0 Å². The van der Waals surface area contributed by atoms with E-state index in [9.17, 15) is 22.8 Å². The molecule has 3 rings (SSSR count). The standard InChI is InChI=1S/C25H23F3N2O3/c1-2-14-29(24(32)20-10-12-21(13-11-20)25(26,27)28)18-23(31)30(17-22-9-6-15-33-22)16-19-7-4-3-5-8-19/h2-13,15H,1,14,16-18H2. The molecule has 0 saturated carbocycles. The van der Waals surface area contributed by atoms with Crippen LogP contribution in [0.25, 0.3) is 0 Å². The quantitative estimate of drug-likeness (QED) is 0.418. The minimum atomic E-state index is -4.50. The molecule has 0 fully saturated rings. The van der Waals surface area contributed by atoms with Crippen LogP contribution < -0.4 is 0 Å². The average Bonchev–Trinajstić information content (AvgIpc) is 3.31. The molecule has 2 amide bonds. The molecule has 3 aromatic rings. The summed E-state index contributed by atoms with van der Waals surface area (Å²) in [4.78, 5) is 28.9. The van der Waals surface area contributed by atoms with E-state index in [2.05, 4.69) is 6.58 Å². The van der Waals surface area contributed by atoms with Crippen molar-refractivity contribution in [3.63, 3.8) is 0 Å². The highest BCUT2D eigenvalue weighted by Crippen LogP contribution is 2.29. The summed E-state index contributed by atoms with van der Waals surface area (Å²) in [6.07, 6.45) is -1.52. The highest BCUT2D eigenvalue weighted by molar-refractivity contribution is 5.96. The van der Waals surface area contributed by atoms with Gasteiger partial charge in [-0.1, -0.05) is 36.4 Å². The average molecular weight is 456 g/mol. The zero-order valence-electron chi connectivity index (χ0n) is 17.8. The molecule has 8 heteroatoms. The monoisotopic (exact) mass is 456 g/mol. The molecular formula is C25H23F3N2O3. The van der Waals surface area contributed by atoms with Gasteiger partial charge in [0.1, 0.15) is 12.3 Å². The van der Waals surface area contributed by atoms with Crippen molar-refractivity contribution in [2.45, 2.75) is 19.3 Å². The molecule has 2 aromatic carbocycles. The van der Waals surface area contributed by atoms with Crippen LogP contribution in [-0.4, -0.2) is 34.7 Å². The molecule has 0 aliphatic heterocycles. The maximum absolute atomic E-state index is 13.2. The minimum Gasteiger partial charge on any atom is -0.467 e. The molecule has 0 saturated heterocycles. The van der Waals surface area contributed by atoms with Gasteiger partial charge in [-0.2, -0.15) is 13.2 Å². The summed E-state index contributed by atoms with van der Waals surface area (Å²) in [6, 6.07) is 16.8. The van der Waals surface area contributed by atoms with Gasteiger partial charge >= 0.3 is 6.18 Å². The second-order valence-corrected chi connectivity index (χ2v) is 7.36. The van der Waals surface area contributed by atoms with E-state index >= 15 is 0 Å². The zero-order valence-corrected chi connectivity index (χ0v) is 17.8. The summed E-state index contributed by atoms with van der Waals surface area (Å²) in [5.74, 6) is -0.310. The van der Waals surface area contributed by atoms with Crippen LogP contribution >= 0.6 is 0 Å². The Morgan fingerprint density at radius 2 is 1.61 bits per heavy atom. The summed E-state index contributed by atoms with van der Waals surface area (Å²) in [7, 11) is 0. The second-order valence-electron chi connectivity index (χ2n) is 7.36. The number of hydrogen-bond acceptors (Lipinski definition) is 3. The fraction of sp³-hybridized carbons (Fsp3) is 0.200. The minimum absolute atomic E-state index is 0.0540. The highest BCUT2D eigenvalue weighted by Gasteiger charge is 2.30. The molecule has 1 heterocycles. The lowest BCUT2D eigenvalue weighted by Crippen LogP contribution is -2.42. The van der Waals surface area contributed by atoms with Gasteiger partial charge in [0.15, 0.2) is 0 Å². The van der Waals surface area contributed by atoms with Crippen molar-refractivity contribution in [1.82, 2.24) is 9.80 Å². The predicted molar refractivity (Wildman–Crippen MR) is 117 cm³/mol. The van der Waals surface area contributed by atoms with Crippen molar-refractivity contribution >= 4 is 11.8 Å². The van der Waals surface area contributed by atoms with E-state index < -0.39 is 17.6 Å². The number of benzene rings is 2. The number of alkyl halides is 3. The number of rotatable bonds is 9. The van der Waals surface area contributed by atoms with E-state index in [0.717, 1.165) is 29.8 Å². The van der Waals surface area contributed by atoms with Crippen molar-refractivity contribution in [3.8, 4) is 0 Å². The van der Waals surface area contributed by atoms with Crippen molar-refractivity contribution in [3.05, 3.63) is 108 Å². The first-order chi connectivity index (χ1) is 15.8. The molecule has 0 atom stereocenters. The largest absolute Gasteiger partial charge is 0.467 e. The van der Waals surface area contributed by atoms with Crippen LogP contribution in [0.4, 0.5) is 13.2 Å². The third kappa shape index (κ3) is 6.58. The van der Waals surface area contributed by atoms with Crippen LogP contribution in [0.5, 0.6) is 0 Å². The van der Waals surface area contributed by atoms with E-state index in [0.29, 0.717) is 12.3 Å². The van der Waals surface area contributed by atoms with Gasteiger partial charge in [-0.15, -0.1) is 6.58 Å². The number of amides is 2. The first-order valence-electron chi connectivity index (χ1n) is 10.2. The number of furan rings is 1. The molecule has 0 radical (unpaired) electrons. The Hall–Kier alpha value is -3.81. The molecule has 0 aliphatic rings. The number of carbonyl (C=O) groups excluding carboxylic acids is 2. The number of carbonyl (C=O) groups is 2. The Kier molecular flexibility index (Phi) is 7.71. The van der Waals surface area contributed by atoms with Crippen LogP contribution in [0, 0.1) is 0 Å². The Morgan fingerprint density at radius 3 is 2.18 bits per heavy atom. The lowest BCUT2D eigenvalue weighted by atomic mass is 10.1. The molecule has 0 aliphatic carbocycles. The van der Waals surface area contributed by atoms with E-state index in [1.807, 2.05) is 30.3 Å². The van der Waals surface area contributed by atoms with E-state index in [1.54, 1.807) is 17.0 Å². The summed E-state index contributed by atoms with van der Waals surface area (Å²) in [6.45, 7) is 3.93. The summed E-state index contributed by atoms with van der Waals surface area (Å²) >= 11 is 0. The zero-order chi connectivity index (χ0) is 23.8. The van der Waals surface area contributed by atoms with Crippen LogP contribution in [-0.2, 0) is 24.1 Å². The van der Waals surface area contributed by atoms with Crippen molar-refractivity contribution in [2.24, 2.45) is 0 Å². The maximum atomic E-state index is 13.2. The Bertz CT molecular complexity index is 1060. The summed E-state index contributed by atoms with van der Waals surface area (Å²) in [5.41, 5.74) is 0.109. The summed E-state index contributed by atoms with van der Waals surface area (Å²) in [5, 5.41) is 0.